The van der Waals surface area contributed by atoms with Crippen LogP contribution in [0.25, 0.3) is 0 Å². The number of halogens is 1. The first-order chi connectivity index (χ1) is 7.91. The maximum absolute atomic E-state index is 11.5. The lowest BCUT2D eigenvalue weighted by Gasteiger charge is -2.11. The number of nitrogens with zero attached hydrogens (tertiary/aromatic N) is 3. The highest BCUT2D eigenvalue weighted by Gasteiger charge is 2.09. The molecule has 0 fully saturated rings. The average molecular weight is 257 g/mol. The Balaban J connectivity index is 3.19. The van der Waals surface area contributed by atoms with Gasteiger partial charge in [-0.3, -0.25) is 10.1 Å². The number of guanidine groups is 1. The van der Waals surface area contributed by atoms with Crippen molar-refractivity contribution in [3.05, 3.63) is 32.8 Å². The summed E-state index contributed by atoms with van der Waals surface area (Å²) in [5, 5.41) is 28.4. The molecule has 0 radical (unpaired) electrons. The Morgan fingerprint density at radius 1 is 1.47 bits per heavy atom. The molecule has 0 heterocycles. The molecule has 0 spiro atoms. The molecule has 1 aromatic rings. The molecule has 4 N–H and O–H groups in total. The summed E-state index contributed by atoms with van der Waals surface area (Å²) in [5.74, 6) is -0.892. The number of benzene rings is 1. The van der Waals surface area contributed by atoms with E-state index in [1.807, 2.05) is 0 Å². The maximum atomic E-state index is 11.5. The van der Waals surface area contributed by atoms with Gasteiger partial charge in [0.2, 0.25) is 5.96 Å². The lowest BCUT2D eigenvalue weighted by Crippen LogP contribution is -2.21. The largest absolute Gasteiger partial charge is 0.871 e. The lowest BCUT2D eigenvalue weighted by molar-refractivity contribution is -0.385. The molecule has 0 amide bonds. The van der Waals surface area contributed by atoms with Gasteiger partial charge in [-0.1, -0.05) is 17.4 Å². The van der Waals surface area contributed by atoms with Gasteiger partial charge in [-0.25, -0.2) is 0 Å². The highest BCUT2D eigenvalue weighted by atomic mass is 35.5. The second kappa shape index (κ2) is 5.12. The number of nitro groups is 1. The molecule has 90 valence electrons. The molecule has 17 heavy (non-hydrogen) atoms. The number of rotatable bonds is 3. The van der Waals surface area contributed by atoms with Crippen LogP contribution in [0.1, 0.15) is 5.56 Å². The van der Waals surface area contributed by atoms with Crippen LogP contribution < -0.4 is 16.6 Å². The molecule has 8 nitrogen and oxygen atoms in total. The topological polar surface area (TPSA) is 143 Å². The predicted molar refractivity (Wildman–Crippen MR) is 61.0 cm³/mol. The Kier molecular flexibility index (Phi) is 3.83. The van der Waals surface area contributed by atoms with Crippen molar-refractivity contribution in [1.29, 1.82) is 0 Å². The Hall–Kier alpha value is -2.35. The molecule has 0 aliphatic heterocycles. The Bertz CT molecular complexity index is 510. The van der Waals surface area contributed by atoms with Gasteiger partial charge in [-0.2, -0.15) is 5.10 Å². The van der Waals surface area contributed by atoms with Gasteiger partial charge in [0.1, 0.15) is 0 Å². The van der Waals surface area contributed by atoms with Crippen LogP contribution in [-0.4, -0.2) is 17.1 Å². The van der Waals surface area contributed by atoms with Crippen molar-refractivity contribution < 1.29 is 10.0 Å². The first kappa shape index (κ1) is 12.7. The van der Waals surface area contributed by atoms with E-state index in [2.05, 4.69) is 10.2 Å². The fraction of sp³-hybridized carbons (Fsp3) is 0. The molecular formula is C8H7ClN5O3-. The molecule has 0 aliphatic rings. The molecule has 0 bridgehead atoms. The van der Waals surface area contributed by atoms with E-state index in [4.69, 9.17) is 23.1 Å². The van der Waals surface area contributed by atoms with Crippen molar-refractivity contribution >= 4 is 29.5 Å². The summed E-state index contributed by atoms with van der Waals surface area (Å²) in [7, 11) is 0. The van der Waals surface area contributed by atoms with Crippen LogP contribution in [0.15, 0.2) is 22.3 Å². The fourth-order valence-corrected chi connectivity index (χ4v) is 1.18. The van der Waals surface area contributed by atoms with Gasteiger partial charge >= 0.3 is 0 Å². The molecule has 1 rings (SSSR count). The van der Waals surface area contributed by atoms with Crippen LogP contribution >= 0.6 is 11.6 Å². The number of hydrogen-bond acceptors (Lipinski definition) is 5. The van der Waals surface area contributed by atoms with Crippen LogP contribution in [0.2, 0.25) is 5.02 Å². The van der Waals surface area contributed by atoms with Gasteiger partial charge in [0.15, 0.2) is 0 Å². The zero-order chi connectivity index (χ0) is 13.0. The zero-order valence-corrected chi connectivity index (χ0v) is 9.09. The first-order valence-electron chi connectivity index (χ1n) is 4.18. The van der Waals surface area contributed by atoms with Crippen LogP contribution in [0, 0.1) is 10.1 Å². The third-order valence-corrected chi connectivity index (χ3v) is 1.92. The highest BCUT2D eigenvalue weighted by molar-refractivity contribution is 6.32. The van der Waals surface area contributed by atoms with E-state index in [-0.39, 0.29) is 22.2 Å². The van der Waals surface area contributed by atoms with Crippen LogP contribution in [0.5, 0.6) is 5.75 Å². The average Bonchev–Trinajstić information content (AvgIpc) is 2.23. The fourth-order valence-electron chi connectivity index (χ4n) is 0.959. The van der Waals surface area contributed by atoms with E-state index in [1.54, 1.807) is 0 Å². The standard InChI is InChI=1S/C8H8ClN5O3/c9-6-2-5(14(16)17)1-4(7(6)15)3-12-13-8(10)11/h1-3,15H,(H4,10,11,13)/p-1/b12-3+. The molecular weight excluding hydrogens is 250 g/mol. The number of nitro benzene ring substituents is 1. The van der Waals surface area contributed by atoms with E-state index in [0.717, 1.165) is 18.3 Å². The summed E-state index contributed by atoms with van der Waals surface area (Å²) in [6.45, 7) is 0. The minimum atomic E-state index is -0.677. The van der Waals surface area contributed by atoms with Crippen LogP contribution in [0.4, 0.5) is 5.69 Å². The highest BCUT2D eigenvalue weighted by Crippen LogP contribution is 2.28. The molecule has 1 aromatic carbocycles. The van der Waals surface area contributed by atoms with Crippen molar-refractivity contribution in [3.8, 4) is 5.75 Å². The summed E-state index contributed by atoms with van der Waals surface area (Å²) in [4.78, 5) is 9.85. The summed E-state index contributed by atoms with van der Waals surface area (Å²) in [5.41, 5.74) is 9.61. The van der Waals surface area contributed by atoms with E-state index < -0.39 is 10.7 Å². The monoisotopic (exact) mass is 256 g/mol. The molecule has 0 aromatic heterocycles. The minimum Gasteiger partial charge on any atom is -0.871 e. The molecule has 0 atom stereocenters. The number of hydrogen-bond donors (Lipinski definition) is 2. The third-order valence-electron chi connectivity index (χ3n) is 1.64. The molecule has 0 saturated carbocycles. The van der Waals surface area contributed by atoms with Crippen molar-refractivity contribution in [1.82, 2.24) is 0 Å². The van der Waals surface area contributed by atoms with Gasteiger partial charge < -0.3 is 16.6 Å². The van der Waals surface area contributed by atoms with Crippen LogP contribution in [-0.2, 0) is 0 Å². The van der Waals surface area contributed by atoms with Crippen molar-refractivity contribution in [2.24, 2.45) is 21.7 Å². The summed E-state index contributed by atoms with van der Waals surface area (Å²) in [6.07, 6.45) is 0.987. The summed E-state index contributed by atoms with van der Waals surface area (Å²) < 4.78 is 0. The normalized spacial score (nSPS) is 10.4. The van der Waals surface area contributed by atoms with Crippen molar-refractivity contribution in [2.75, 3.05) is 0 Å². The van der Waals surface area contributed by atoms with E-state index >= 15 is 0 Å². The predicted octanol–water partition coefficient (Wildman–Crippen LogP) is -0.0709. The van der Waals surface area contributed by atoms with Crippen LogP contribution in [0.3, 0.4) is 0 Å². The van der Waals surface area contributed by atoms with Crippen molar-refractivity contribution in [2.45, 2.75) is 0 Å². The molecule has 0 unspecified atom stereocenters. The van der Waals surface area contributed by atoms with E-state index in [0.29, 0.717) is 0 Å². The number of non-ortho nitro benzene ring substituents is 1. The Labute approximate surface area is 100 Å². The number of nitrogens with two attached hydrogens (primary N) is 2. The smallest absolute Gasteiger partial charge is 0.271 e. The van der Waals surface area contributed by atoms with Gasteiger partial charge in [0, 0.05) is 17.2 Å². The molecule has 0 saturated heterocycles. The quantitative estimate of drug-likeness (QED) is 0.337. The Morgan fingerprint density at radius 2 is 2.12 bits per heavy atom. The maximum Gasteiger partial charge on any atom is 0.271 e. The van der Waals surface area contributed by atoms with Gasteiger partial charge in [-0.05, 0) is 5.56 Å². The molecule has 0 aliphatic carbocycles. The third kappa shape index (κ3) is 3.31. The van der Waals surface area contributed by atoms with E-state index in [9.17, 15) is 15.2 Å². The summed E-state index contributed by atoms with van der Waals surface area (Å²) >= 11 is 5.54. The molecule has 9 heteroatoms. The lowest BCUT2D eigenvalue weighted by atomic mass is 10.2. The summed E-state index contributed by atoms with van der Waals surface area (Å²) in [6, 6.07) is 1.99. The van der Waals surface area contributed by atoms with Crippen molar-refractivity contribution in [3.63, 3.8) is 0 Å². The van der Waals surface area contributed by atoms with Gasteiger partial charge in [-0.15, -0.1) is 5.10 Å². The second-order valence-electron chi connectivity index (χ2n) is 2.87. The minimum absolute atomic E-state index is 0.0748. The zero-order valence-electron chi connectivity index (χ0n) is 8.33. The van der Waals surface area contributed by atoms with Gasteiger partial charge in [0.05, 0.1) is 11.1 Å². The van der Waals surface area contributed by atoms with E-state index in [1.165, 1.54) is 0 Å². The SMILES string of the molecule is NC(N)=N/N=C/c1cc([N+](=O)[O-])cc(Cl)c1[O-]. The van der Waals surface area contributed by atoms with Gasteiger partial charge in [0.25, 0.3) is 5.69 Å². The first-order valence-corrected chi connectivity index (χ1v) is 4.56. The Morgan fingerprint density at radius 3 is 2.65 bits per heavy atom. The second-order valence-corrected chi connectivity index (χ2v) is 3.28.